The van der Waals surface area contributed by atoms with Gasteiger partial charge < -0.3 is 10.2 Å². The van der Waals surface area contributed by atoms with Gasteiger partial charge in [-0.05, 0) is 19.9 Å². The number of pyridine rings is 1. The van der Waals surface area contributed by atoms with Gasteiger partial charge in [0.2, 0.25) is 5.52 Å². The van der Waals surface area contributed by atoms with Gasteiger partial charge in [-0.25, -0.2) is 0 Å². The number of nitrogens with zero attached hydrogens (tertiary/aromatic N) is 1. The van der Waals surface area contributed by atoms with Crippen molar-refractivity contribution in [1.82, 2.24) is 0 Å². The molecule has 1 heterocycles. The molecule has 4 heteroatoms. The first-order valence-electron chi connectivity index (χ1n) is 6.47. The fourth-order valence-corrected chi connectivity index (χ4v) is 3.02. The zero-order valence-corrected chi connectivity index (χ0v) is 12.5. The lowest BCUT2D eigenvalue weighted by Crippen LogP contribution is -2.36. The Bertz CT molecular complexity index is 609. The molecule has 1 aromatic carbocycles. The van der Waals surface area contributed by atoms with E-state index in [1.807, 2.05) is 24.4 Å². The summed E-state index contributed by atoms with van der Waals surface area (Å²) in [5.41, 5.74) is 0.941. The van der Waals surface area contributed by atoms with Gasteiger partial charge >= 0.3 is 0 Å². The molecule has 3 nitrogen and oxygen atoms in total. The summed E-state index contributed by atoms with van der Waals surface area (Å²) in [5.74, 6) is -0.0524. The quantitative estimate of drug-likeness (QED) is 0.512. The molecule has 19 heavy (non-hydrogen) atoms. The summed E-state index contributed by atoms with van der Waals surface area (Å²) >= 11 is 1.55. The molecular formula is C15H20NO2S+. The minimum absolute atomic E-state index is 0.0206. The topological polar surface area (TPSA) is 44.3 Å². The number of hydrogen-bond acceptors (Lipinski definition) is 3. The Morgan fingerprint density at radius 1 is 1.11 bits per heavy atom. The molecule has 0 aliphatic rings. The summed E-state index contributed by atoms with van der Waals surface area (Å²) in [5, 5.41) is 21.3. The summed E-state index contributed by atoms with van der Waals surface area (Å²) in [6, 6.07) is 5.96. The minimum Gasteiger partial charge on any atom is -0.504 e. The number of benzene rings is 1. The SMILES string of the molecule is CC(C)Sc1cc2c(ccc[n+]2C(C)C)c(O)c1O. The van der Waals surface area contributed by atoms with E-state index in [4.69, 9.17) is 0 Å². The van der Waals surface area contributed by atoms with Crippen molar-refractivity contribution in [3.63, 3.8) is 0 Å². The third kappa shape index (κ3) is 2.63. The monoisotopic (exact) mass is 278 g/mol. The van der Waals surface area contributed by atoms with Gasteiger partial charge in [0.15, 0.2) is 23.7 Å². The lowest BCUT2D eigenvalue weighted by atomic mass is 10.1. The fraction of sp³-hybridized carbons (Fsp3) is 0.400. The summed E-state index contributed by atoms with van der Waals surface area (Å²) < 4.78 is 2.10. The van der Waals surface area contributed by atoms with Gasteiger partial charge in [0.25, 0.3) is 0 Å². The van der Waals surface area contributed by atoms with E-state index in [2.05, 4.69) is 32.3 Å². The van der Waals surface area contributed by atoms with Crippen LogP contribution in [0.5, 0.6) is 11.5 Å². The number of aromatic hydroxyl groups is 2. The molecular weight excluding hydrogens is 258 g/mol. The number of phenolic OH excluding ortho intramolecular Hbond substituents is 2. The van der Waals surface area contributed by atoms with Gasteiger partial charge in [-0.15, -0.1) is 11.8 Å². The molecule has 1 aromatic heterocycles. The molecule has 0 aliphatic carbocycles. The van der Waals surface area contributed by atoms with Crippen molar-refractivity contribution in [2.75, 3.05) is 0 Å². The molecule has 0 fully saturated rings. The van der Waals surface area contributed by atoms with Crippen molar-refractivity contribution in [1.29, 1.82) is 0 Å². The number of aromatic nitrogens is 1. The highest BCUT2D eigenvalue weighted by Crippen LogP contribution is 2.42. The predicted octanol–water partition coefficient (Wildman–Crippen LogP) is 3.62. The number of thioether (sulfide) groups is 1. The molecule has 0 aliphatic heterocycles. The smallest absolute Gasteiger partial charge is 0.217 e. The Hall–Kier alpha value is -1.42. The van der Waals surface area contributed by atoms with Gasteiger partial charge in [0.1, 0.15) is 0 Å². The Labute approximate surface area is 117 Å². The molecule has 0 bridgehead atoms. The van der Waals surface area contributed by atoms with Crippen LogP contribution < -0.4 is 4.57 Å². The van der Waals surface area contributed by atoms with E-state index in [9.17, 15) is 10.2 Å². The van der Waals surface area contributed by atoms with Crippen molar-refractivity contribution in [2.24, 2.45) is 0 Å². The Balaban J connectivity index is 2.74. The average molecular weight is 278 g/mol. The molecule has 102 valence electrons. The van der Waals surface area contributed by atoms with E-state index in [-0.39, 0.29) is 11.5 Å². The van der Waals surface area contributed by atoms with Crippen LogP contribution in [0.2, 0.25) is 0 Å². The van der Waals surface area contributed by atoms with E-state index in [1.165, 1.54) is 0 Å². The number of rotatable bonds is 3. The minimum atomic E-state index is -0.0318. The third-order valence-electron chi connectivity index (χ3n) is 2.96. The molecule has 0 radical (unpaired) electrons. The lowest BCUT2D eigenvalue weighted by Gasteiger charge is -2.11. The van der Waals surface area contributed by atoms with E-state index in [0.717, 1.165) is 10.4 Å². The molecule has 0 spiro atoms. The second-order valence-electron chi connectivity index (χ2n) is 5.18. The summed E-state index contributed by atoms with van der Waals surface area (Å²) in [6.07, 6.45) is 1.99. The van der Waals surface area contributed by atoms with Gasteiger partial charge in [0, 0.05) is 17.4 Å². The van der Waals surface area contributed by atoms with Gasteiger partial charge in [0.05, 0.1) is 10.3 Å². The molecule has 0 unspecified atom stereocenters. The number of hydrogen-bond donors (Lipinski definition) is 2. The van der Waals surface area contributed by atoms with Crippen LogP contribution in [-0.2, 0) is 0 Å². The second kappa shape index (κ2) is 5.29. The van der Waals surface area contributed by atoms with E-state index >= 15 is 0 Å². The highest BCUT2D eigenvalue weighted by molar-refractivity contribution is 8.00. The summed E-state index contributed by atoms with van der Waals surface area (Å²) in [7, 11) is 0. The molecule has 0 amide bonds. The van der Waals surface area contributed by atoms with Crippen LogP contribution in [0, 0.1) is 0 Å². The van der Waals surface area contributed by atoms with Crippen LogP contribution in [-0.4, -0.2) is 15.5 Å². The number of fused-ring (bicyclic) bond motifs is 1. The fourth-order valence-electron chi connectivity index (χ4n) is 2.12. The molecule has 2 N–H and O–H groups in total. The normalized spacial score (nSPS) is 11.7. The van der Waals surface area contributed by atoms with Crippen LogP contribution in [0.3, 0.4) is 0 Å². The first-order valence-corrected chi connectivity index (χ1v) is 7.35. The maximum absolute atomic E-state index is 10.2. The van der Waals surface area contributed by atoms with Crippen LogP contribution >= 0.6 is 11.8 Å². The molecule has 0 atom stereocenters. The van der Waals surface area contributed by atoms with Crippen molar-refractivity contribution in [3.05, 3.63) is 24.4 Å². The van der Waals surface area contributed by atoms with E-state index in [1.54, 1.807) is 11.8 Å². The van der Waals surface area contributed by atoms with Crippen LogP contribution in [0.25, 0.3) is 10.9 Å². The predicted molar refractivity (Wildman–Crippen MR) is 78.9 cm³/mol. The van der Waals surface area contributed by atoms with Crippen LogP contribution in [0.15, 0.2) is 29.3 Å². The van der Waals surface area contributed by atoms with E-state index < -0.39 is 0 Å². The van der Waals surface area contributed by atoms with Crippen molar-refractivity contribution < 1.29 is 14.8 Å². The maximum Gasteiger partial charge on any atom is 0.217 e. The summed E-state index contributed by atoms with van der Waals surface area (Å²) in [6.45, 7) is 8.32. The molecule has 0 saturated carbocycles. The average Bonchev–Trinajstić information content (AvgIpc) is 2.34. The largest absolute Gasteiger partial charge is 0.504 e. The van der Waals surface area contributed by atoms with Crippen LogP contribution in [0.4, 0.5) is 0 Å². The third-order valence-corrected chi connectivity index (χ3v) is 4.00. The highest BCUT2D eigenvalue weighted by atomic mass is 32.2. The zero-order valence-electron chi connectivity index (χ0n) is 11.7. The molecule has 2 rings (SSSR count). The highest BCUT2D eigenvalue weighted by Gasteiger charge is 2.20. The second-order valence-corrected chi connectivity index (χ2v) is 6.80. The first-order chi connectivity index (χ1) is 8.91. The Morgan fingerprint density at radius 2 is 1.79 bits per heavy atom. The first kappa shape index (κ1) is 14.0. The van der Waals surface area contributed by atoms with Gasteiger partial charge in [-0.2, -0.15) is 4.57 Å². The Morgan fingerprint density at radius 3 is 2.37 bits per heavy atom. The van der Waals surface area contributed by atoms with Gasteiger partial charge in [-0.3, -0.25) is 0 Å². The summed E-state index contributed by atoms with van der Waals surface area (Å²) in [4.78, 5) is 0.723. The standard InChI is InChI=1S/C15H19NO2S/c1-9(2)16-7-5-6-11-12(16)8-13(19-10(3)4)15(18)14(11)17/h5-10,18H,1-4H3/p+1. The molecule has 2 aromatic rings. The van der Waals surface area contributed by atoms with Crippen molar-refractivity contribution in [2.45, 2.75) is 43.9 Å². The van der Waals surface area contributed by atoms with Crippen molar-refractivity contribution >= 4 is 22.7 Å². The lowest BCUT2D eigenvalue weighted by molar-refractivity contribution is -0.691. The van der Waals surface area contributed by atoms with E-state index in [0.29, 0.717) is 16.7 Å². The van der Waals surface area contributed by atoms with Crippen molar-refractivity contribution in [3.8, 4) is 11.5 Å². The maximum atomic E-state index is 10.2. The Kier molecular flexibility index (Phi) is 3.90. The van der Waals surface area contributed by atoms with Crippen LogP contribution in [0.1, 0.15) is 33.7 Å². The number of phenols is 2. The zero-order chi connectivity index (χ0) is 14.2. The van der Waals surface area contributed by atoms with Gasteiger partial charge in [-0.1, -0.05) is 13.8 Å². The molecule has 0 saturated heterocycles.